The minimum atomic E-state index is 1.02. The Morgan fingerprint density at radius 2 is 2.06 bits per heavy atom. The van der Waals surface area contributed by atoms with Gasteiger partial charge in [-0.15, -0.1) is 0 Å². The zero-order valence-electron chi connectivity index (χ0n) is 10.8. The van der Waals surface area contributed by atoms with Crippen molar-refractivity contribution >= 4 is 5.82 Å². The monoisotopic (exact) mass is 231 g/mol. The first-order valence-corrected chi connectivity index (χ1v) is 6.35. The lowest BCUT2D eigenvalue weighted by molar-refractivity contribution is 0.668. The van der Waals surface area contributed by atoms with E-state index in [4.69, 9.17) is 5.26 Å². The summed E-state index contributed by atoms with van der Waals surface area (Å²) >= 11 is 0. The molecule has 0 saturated heterocycles. The van der Waals surface area contributed by atoms with Crippen LogP contribution in [0.5, 0.6) is 0 Å². The van der Waals surface area contributed by atoms with E-state index in [1.165, 1.54) is 37.4 Å². The first-order chi connectivity index (χ1) is 8.31. The molecule has 1 heterocycles. The Hall–Kier alpha value is -1.56. The Bertz CT molecular complexity index is 380. The van der Waals surface area contributed by atoms with Crippen molar-refractivity contribution in [3.8, 4) is 6.07 Å². The van der Waals surface area contributed by atoms with Crippen LogP contribution in [0.2, 0.25) is 0 Å². The SMILES string of the molecule is CC#N.CCCNc1ccc2c(n1)CCCC2. The molecule has 1 aromatic heterocycles. The predicted octanol–water partition coefficient (Wildman–Crippen LogP) is 3.31. The molecule has 92 valence electrons. The van der Waals surface area contributed by atoms with Gasteiger partial charge in [0.2, 0.25) is 0 Å². The number of pyridine rings is 1. The van der Waals surface area contributed by atoms with Crippen LogP contribution in [0.15, 0.2) is 12.1 Å². The third-order valence-electron chi connectivity index (χ3n) is 2.73. The zero-order chi connectivity index (χ0) is 12.5. The first-order valence-electron chi connectivity index (χ1n) is 6.35. The van der Waals surface area contributed by atoms with Gasteiger partial charge in [-0.1, -0.05) is 13.0 Å². The summed E-state index contributed by atoms with van der Waals surface area (Å²) in [5.74, 6) is 1.05. The van der Waals surface area contributed by atoms with Crippen molar-refractivity contribution in [1.29, 1.82) is 5.26 Å². The second-order valence-electron chi connectivity index (χ2n) is 4.16. The van der Waals surface area contributed by atoms with Gasteiger partial charge in [-0.05, 0) is 43.7 Å². The van der Waals surface area contributed by atoms with Gasteiger partial charge in [0.15, 0.2) is 0 Å². The Morgan fingerprint density at radius 3 is 2.76 bits per heavy atom. The Morgan fingerprint density at radius 1 is 1.35 bits per heavy atom. The zero-order valence-corrected chi connectivity index (χ0v) is 10.8. The predicted molar refractivity (Wildman–Crippen MR) is 70.9 cm³/mol. The standard InChI is InChI=1S/C12H18N2.C2H3N/c1-2-9-13-12-8-7-10-5-3-4-6-11(10)14-12;1-2-3/h7-8H,2-6,9H2,1H3,(H,13,14);1H3. The molecule has 0 aliphatic heterocycles. The van der Waals surface area contributed by atoms with Gasteiger partial charge in [0.1, 0.15) is 5.82 Å². The molecule has 0 fully saturated rings. The minimum absolute atomic E-state index is 1.02. The van der Waals surface area contributed by atoms with E-state index in [2.05, 4.69) is 29.4 Å². The minimum Gasteiger partial charge on any atom is -0.370 e. The summed E-state index contributed by atoms with van der Waals surface area (Å²) < 4.78 is 0. The highest BCUT2D eigenvalue weighted by Crippen LogP contribution is 2.20. The van der Waals surface area contributed by atoms with E-state index in [-0.39, 0.29) is 0 Å². The fraction of sp³-hybridized carbons (Fsp3) is 0.571. The molecule has 0 spiro atoms. The molecule has 0 atom stereocenters. The lowest BCUT2D eigenvalue weighted by Crippen LogP contribution is -2.08. The lowest BCUT2D eigenvalue weighted by Gasteiger charge is -2.15. The van der Waals surface area contributed by atoms with Gasteiger partial charge < -0.3 is 5.32 Å². The van der Waals surface area contributed by atoms with E-state index in [0.29, 0.717) is 0 Å². The number of hydrogen-bond donors (Lipinski definition) is 1. The highest BCUT2D eigenvalue weighted by molar-refractivity contribution is 5.39. The van der Waals surface area contributed by atoms with Gasteiger partial charge in [-0.3, -0.25) is 0 Å². The van der Waals surface area contributed by atoms with Crippen molar-refractivity contribution in [1.82, 2.24) is 4.98 Å². The third kappa shape index (κ3) is 4.44. The average Bonchev–Trinajstić information content (AvgIpc) is 2.37. The molecule has 0 bridgehead atoms. The second-order valence-corrected chi connectivity index (χ2v) is 4.16. The van der Waals surface area contributed by atoms with Gasteiger partial charge >= 0.3 is 0 Å². The van der Waals surface area contributed by atoms with E-state index in [0.717, 1.165) is 25.2 Å². The van der Waals surface area contributed by atoms with Crippen LogP contribution in [-0.4, -0.2) is 11.5 Å². The van der Waals surface area contributed by atoms with E-state index < -0.39 is 0 Å². The van der Waals surface area contributed by atoms with Crippen LogP contribution >= 0.6 is 0 Å². The van der Waals surface area contributed by atoms with Crippen LogP contribution in [0, 0.1) is 11.3 Å². The summed E-state index contributed by atoms with van der Waals surface area (Å²) in [6.45, 7) is 4.62. The average molecular weight is 231 g/mol. The summed E-state index contributed by atoms with van der Waals surface area (Å²) in [4.78, 5) is 4.64. The molecule has 0 amide bonds. The Labute approximate surface area is 104 Å². The summed E-state index contributed by atoms with van der Waals surface area (Å²) in [6.07, 6.45) is 6.17. The molecule has 1 aromatic rings. The summed E-state index contributed by atoms with van der Waals surface area (Å²) in [7, 11) is 0. The van der Waals surface area contributed by atoms with Crippen molar-refractivity contribution in [3.05, 3.63) is 23.4 Å². The lowest BCUT2D eigenvalue weighted by atomic mass is 9.96. The van der Waals surface area contributed by atoms with Crippen LogP contribution in [-0.2, 0) is 12.8 Å². The molecule has 0 aromatic carbocycles. The topological polar surface area (TPSA) is 48.7 Å². The number of nitrogens with one attached hydrogen (secondary N) is 1. The quantitative estimate of drug-likeness (QED) is 0.868. The number of hydrogen-bond acceptors (Lipinski definition) is 3. The van der Waals surface area contributed by atoms with Gasteiger partial charge in [0, 0.05) is 19.2 Å². The number of fused-ring (bicyclic) bond motifs is 1. The Kier molecular flexibility index (Phi) is 6.09. The highest BCUT2D eigenvalue weighted by Gasteiger charge is 2.10. The third-order valence-corrected chi connectivity index (χ3v) is 2.73. The van der Waals surface area contributed by atoms with Crippen LogP contribution in [0.25, 0.3) is 0 Å². The van der Waals surface area contributed by atoms with Crippen molar-refractivity contribution in [2.75, 3.05) is 11.9 Å². The van der Waals surface area contributed by atoms with E-state index in [9.17, 15) is 0 Å². The number of anilines is 1. The molecule has 17 heavy (non-hydrogen) atoms. The largest absolute Gasteiger partial charge is 0.370 e. The molecule has 2 rings (SSSR count). The van der Waals surface area contributed by atoms with E-state index in [1.54, 1.807) is 6.07 Å². The fourth-order valence-corrected chi connectivity index (χ4v) is 1.93. The first kappa shape index (κ1) is 13.5. The van der Waals surface area contributed by atoms with Crippen molar-refractivity contribution in [3.63, 3.8) is 0 Å². The van der Waals surface area contributed by atoms with E-state index in [1.807, 2.05) is 0 Å². The maximum atomic E-state index is 7.32. The molecule has 3 nitrogen and oxygen atoms in total. The van der Waals surface area contributed by atoms with Gasteiger partial charge in [0.05, 0.1) is 6.07 Å². The van der Waals surface area contributed by atoms with Crippen LogP contribution in [0.1, 0.15) is 44.4 Å². The molecule has 3 heteroatoms. The molecular formula is C14H21N3. The molecule has 1 aliphatic rings. The number of aromatic nitrogens is 1. The normalized spacial score (nSPS) is 12.8. The number of aryl methyl sites for hydroxylation is 2. The second kappa shape index (κ2) is 7.67. The number of nitrogens with zero attached hydrogens (tertiary/aromatic N) is 2. The smallest absolute Gasteiger partial charge is 0.126 e. The van der Waals surface area contributed by atoms with Gasteiger partial charge in [-0.25, -0.2) is 4.98 Å². The van der Waals surface area contributed by atoms with Crippen molar-refractivity contribution in [2.24, 2.45) is 0 Å². The van der Waals surface area contributed by atoms with Crippen LogP contribution in [0.3, 0.4) is 0 Å². The van der Waals surface area contributed by atoms with Gasteiger partial charge in [-0.2, -0.15) is 5.26 Å². The summed E-state index contributed by atoms with van der Waals surface area (Å²) in [6, 6.07) is 6.10. The molecule has 1 aliphatic carbocycles. The summed E-state index contributed by atoms with van der Waals surface area (Å²) in [5.41, 5.74) is 2.77. The van der Waals surface area contributed by atoms with Crippen molar-refractivity contribution in [2.45, 2.75) is 46.0 Å². The maximum Gasteiger partial charge on any atom is 0.126 e. The number of rotatable bonds is 3. The molecule has 0 unspecified atom stereocenters. The summed E-state index contributed by atoms with van der Waals surface area (Å²) in [5, 5.41) is 10.7. The van der Waals surface area contributed by atoms with E-state index >= 15 is 0 Å². The van der Waals surface area contributed by atoms with Crippen LogP contribution in [0.4, 0.5) is 5.82 Å². The maximum absolute atomic E-state index is 7.32. The molecular weight excluding hydrogens is 210 g/mol. The molecule has 0 radical (unpaired) electrons. The van der Waals surface area contributed by atoms with Crippen LogP contribution < -0.4 is 5.32 Å². The Balaban J connectivity index is 0.000000437. The van der Waals surface area contributed by atoms with Gasteiger partial charge in [0.25, 0.3) is 0 Å². The molecule has 1 N–H and O–H groups in total. The van der Waals surface area contributed by atoms with Crippen molar-refractivity contribution < 1.29 is 0 Å². The highest BCUT2D eigenvalue weighted by atomic mass is 15.0. The number of nitriles is 1. The molecule has 0 saturated carbocycles. The fourth-order valence-electron chi connectivity index (χ4n) is 1.93.